The molecule has 0 saturated heterocycles. The van der Waals surface area contributed by atoms with Crippen LogP contribution in [0.2, 0.25) is 0 Å². The van der Waals surface area contributed by atoms with Crippen molar-refractivity contribution in [2.24, 2.45) is 0 Å². The molecule has 1 aliphatic heterocycles. The fourth-order valence-corrected chi connectivity index (χ4v) is 4.72. The molecule has 2 atom stereocenters. The van der Waals surface area contributed by atoms with E-state index in [4.69, 9.17) is 0 Å². The maximum absolute atomic E-state index is 10.1. The van der Waals surface area contributed by atoms with Crippen LogP contribution in [0.4, 0.5) is 0 Å². The molecule has 3 N–H and O–H groups in total. The molecule has 1 aliphatic carbocycles. The zero-order chi connectivity index (χ0) is 18.4. The van der Waals surface area contributed by atoms with Crippen LogP contribution < -0.4 is 5.32 Å². The molecule has 2 aliphatic rings. The number of nitrogens with one attached hydrogen (secondary N) is 1. The summed E-state index contributed by atoms with van der Waals surface area (Å²) in [6, 6.07) is 21.2. The Morgan fingerprint density at radius 1 is 0.815 bits per heavy atom. The number of fused-ring (bicyclic) bond motifs is 5. The highest BCUT2D eigenvalue weighted by atomic mass is 16.3. The van der Waals surface area contributed by atoms with Gasteiger partial charge in [0.2, 0.25) is 0 Å². The summed E-state index contributed by atoms with van der Waals surface area (Å²) < 4.78 is 0. The van der Waals surface area contributed by atoms with Crippen molar-refractivity contribution in [3.8, 4) is 11.5 Å². The molecule has 1 heterocycles. The fraction of sp³-hybridized carbons (Fsp3) is 0.250. The largest absolute Gasteiger partial charge is 0.504 e. The van der Waals surface area contributed by atoms with Crippen LogP contribution in [0.25, 0.3) is 0 Å². The standard InChI is InChI=1S/C24H23NO2/c26-22-12-17-8-9-21-24(20(17)13-23(22)27)19-11-16(6-7-18(19)14-25-21)10-15-4-2-1-3-5-15/h1-7,11-13,21,24-27H,8-10,14H2/t21-,24-/m1/s1. The number of phenols is 2. The summed E-state index contributed by atoms with van der Waals surface area (Å²) in [6.45, 7) is 0.890. The van der Waals surface area contributed by atoms with E-state index in [-0.39, 0.29) is 17.4 Å². The number of rotatable bonds is 2. The lowest BCUT2D eigenvalue weighted by Gasteiger charge is -2.39. The third-order valence-corrected chi connectivity index (χ3v) is 6.05. The topological polar surface area (TPSA) is 52.5 Å². The van der Waals surface area contributed by atoms with E-state index >= 15 is 0 Å². The molecule has 0 saturated carbocycles. The smallest absolute Gasteiger partial charge is 0.157 e. The molecule has 27 heavy (non-hydrogen) atoms. The zero-order valence-corrected chi connectivity index (χ0v) is 15.2. The van der Waals surface area contributed by atoms with Crippen molar-refractivity contribution in [2.45, 2.75) is 37.8 Å². The van der Waals surface area contributed by atoms with Gasteiger partial charge in [0.05, 0.1) is 0 Å². The molecule has 3 heteroatoms. The summed E-state index contributed by atoms with van der Waals surface area (Å²) in [5.74, 6) is 0.177. The van der Waals surface area contributed by atoms with Gasteiger partial charge in [0.25, 0.3) is 0 Å². The van der Waals surface area contributed by atoms with Gasteiger partial charge in [0, 0.05) is 18.5 Å². The maximum atomic E-state index is 10.1. The second-order valence-electron chi connectivity index (χ2n) is 7.74. The minimum absolute atomic E-state index is 0.0194. The van der Waals surface area contributed by atoms with Crippen LogP contribution in [0, 0.1) is 0 Å². The second kappa shape index (κ2) is 6.43. The summed E-state index contributed by atoms with van der Waals surface area (Å²) in [5.41, 5.74) is 7.61. The van der Waals surface area contributed by atoms with E-state index < -0.39 is 0 Å². The van der Waals surface area contributed by atoms with E-state index in [0.29, 0.717) is 6.04 Å². The molecule has 0 fully saturated rings. The second-order valence-corrected chi connectivity index (χ2v) is 7.74. The first-order chi connectivity index (χ1) is 13.2. The van der Waals surface area contributed by atoms with Crippen LogP contribution in [0.3, 0.4) is 0 Å². The molecule has 0 unspecified atom stereocenters. The number of hydrogen-bond acceptors (Lipinski definition) is 3. The molecule has 0 bridgehead atoms. The van der Waals surface area contributed by atoms with Gasteiger partial charge in [-0.05, 0) is 64.8 Å². The van der Waals surface area contributed by atoms with Crippen molar-refractivity contribution in [3.63, 3.8) is 0 Å². The highest BCUT2D eigenvalue weighted by Gasteiger charge is 2.35. The molecule has 0 spiro atoms. The first-order valence-corrected chi connectivity index (χ1v) is 9.63. The van der Waals surface area contributed by atoms with Crippen LogP contribution in [-0.4, -0.2) is 16.3 Å². The van der Waals surface area contributed by atoms with Gasteiger partial charge in [-0.1, -0.05) is 48.5 Å². The van der Waals surface area contributed by atoms with Gasteiger partial charge < -0.3 is 15.5 Å². The molecule has 0 aromatic heterocycles. The van der Waals surface area contributed by atoms with E-state index in [1.807, 2.05) is 6.07 Å². The van der Waals surface area contributed by atoms with Crippen LogP contribution >= 0.6 is 0 Å². The van der Waals surface area contributed by atoms with Crippen molar-refractivity contribution in [1.82, 2.24) is 5.32 Å². The summed E-state index contributed by atoms with van der Waals surface area (Å²) in [5, 5.41) is 23.7. The fourth-order valence-electron chi connectivity index (χ4n) is 4.72. The maximum Gasteiger partial charge on any atom is 0.157 e. The molecular formula is C24H23NO2. The third kappa shape index (κ3) is 2.88. The number of aromatic hydroxyl groups is 2. The molecule has 3 aromatic rings. The Balaban J connectivity index is 1.58. The number of benzene rings is 3. The van der Waals surface area contributed by atoms with E-state index in [9.17, 15) is 10.2 Å². The Bertz CT molecular complexity index is 997. The highest BCUT2D eigenvalue weighted by molar-refractivity contribution is 5.54. The summed E-state index contributed by atoms with van der Waals surface area (Å²) in [4.78, 5) is 0. The van der Waals surface area contributed by atoms with Crippen molar-refractivity contribution >= 4 is 0 Å². The Labute approximate surface area is 159 Å². The predicted octanol–water partition coefficient (Wildman–Crippen LogP) is 4.24. The zero-order valence-electron chi connectivity index (χ0n) is 15.2. The molecule has 136 valence electrons. The number of phenolic OH excluding ortho intramolecular Hbond substituents is 2. The van der Waals surface area contributed by atoms with Gasteiger partial charge in [-0.15, -0.1) is 0 Å². The minimum Gasteiger partial charge on any atom is -0.504 e. The van der Waals surface area contributed by atoms with Gasteiger partial charge in [0.15, 0.2) is 11.5 Å². The van der Waals surface area contributed by atoms with Crippen LogP contribution in [0.1, 0.15) is 45.7 Å². The monoisotopic (exact) mass is 357 g/mol. The third-order valence-electron chi connectivity index (χ3n) is 6.05. The Morgan fingerprint density at radius 2 is 1.59 bits per heavy atom. The lowest BCUT2D eigenvalue weighted by atomic mass is 9.72. The lowest BCUT2D eigenvalue weighted by Crippen LogP contribution is -2.42. The molecular weight excluding hydrogens is 334 g/mol. The molecule has 3 nitrogen and oxygen atoms in total. The normalized spacial score (nSPS) is 20.4. The lowest BCUT2D eigenvalue weighted by molar-refractivity contribution is 0.380. The summed E-state index contributed by atoms with van der Waals surface area (Å²) in [6.07, 6.45) is 2.90. The van der Waals surface area contributed by atoms with Gasteiger partial charge in [-0.3, -0.25) is 0 Å². The summed E-state index contributed by atoms with van der Waals surface area (Å²) in [7, 11) is 0. The predicted molar refractivity (Wildman–Crippen MR) is 106 cm³/mol. The molecule has 0 radical (unpaired) electrons. The molecule has 5 rings (SSSR count). The van der Waals surface area contributed by atoms with Gasteiger partial charge in [0.1, 0.15) is 0 Å². The number of hydrogen-bond donors (Lipinski definition) is 3. The summed E-state index contributed by atoms with van der Waals surface area (Å²) >= 11 is 0. The van der Waals surface area contributed by atoms with Crippen LogP contribution in [0.15, 0.2) is 60.7 Å². The van der Waals surface area contributed by atoms with Crippen LogP contribution in [0.5, 0.6) is 11.5 Å². The Morgan fingerprint density at radius 3 is 2.44 bits per heavy atom. The first-order valence-electron chi connectivity index (χ1n) is 9.63. The van der Waals surface area contributed by atoms with Gasteiger partial charge in [-0.25, -0.2) is 0 Å². The quantitative estimate of drug-likeness (QED) is 0.601. The Hall–Kier alpha value is -2.78. The molecule has 0 amide bonds. The average Bonchev–Trinajstić information content (AvgIpc) is 2.69. The van der Waals surface area contributed by atoms with E-state index in [1.54, 1.807) is 12.1 Å². The van der Waals surface area contributed by atoms with Crippen LogP contribution in [-0.2, 0) is 19.4 Å². The van der Waals surface area contributed by atoms with Gasteiger partial charge in [-0.2, -0.15) is 0 Å². The van der Waals surface area contributed by atoms with E-state index in [1.165, 1.54) is 22.3 Å². The van der Waals surface area contributed by atoms with Crippen molar-refractivity contribution in [2.75, 3.05) is 0 Å². The highest BCUT2D eigenvalue weighted by Crippen LogP contribution is 2.44. The average molecular weight is 357 g/mol. The van der Waals surface area contributed by atoms with E-state index in [0.717, 1.165) is 36.9 Å². The molecule has 3 aromatic carbocycles. The SMILES string of the molecule is Oc1cc2c(cc1O)[C@H]1c3cc(Cc4ccccc4)ccc3CN[C@@H]1CC2. The number of aryl methyl sites for hydroxylation is 1. The van der Waals surface area contributed by atoms with Gasteiger partial charge >= 0.3 is 0 Å². The van der Waals surface area contributed by atoms with E-state index in [2.05, 4.69) is 47.8 Å². The Kier molecular flexibility index (Phi) is 3.91. The van der Waals surface area contributed by atoms with Crippen molar-refractivity contribution in [3.05, 3.63) is 94.0 Å². The van der Waals surface area contributed by atoms with Crippen molar-refractivity contribution in [1.29, 1.82) is 0 Å². The van der Waals surface area contributed by atoms with Crippen molar-refractivity contribution < 1.29 is 10.2 Å². The first kappa shape index (κ1) is 16.4. The minimum atomic E-state index is -0.0260.